The smallest absolute Gasteiger partial charge is 0.326 e. The SMILES string of the molecule is CC[C@H](C)[C@H](NC(=O)[C@H](CC(=O)O)NC(=O)[C@H](CCC(N)=O)NC(=O)[C@@H](N)CC(C)C)C(=O)O. The van der Waals surface area contributed by atoms with Gasteiger partial charge in [0, 0.05) is 6.42 Å². The Kier molecular flexibility index (Phi) is 13.4. The summed E-state index contributed by atoms with van der Waals surface area (Å²) in [5.41, 5.74) is 11.0. The molecule has 5 atom stereocenters. The molecule has 0 aromatic heterocycles. The molecule has 0 aliphatic heterocycles. The molecule has 0 aliphatic rings. The van der Waals surface area contributed by atoms with Gasteiger partial charge in [0.2, 0.25) is 23.6 Å². The molecule has 0 spiro atoms. The van der Waals surface area contributed by atoms with Gasteiger partial charge in [-0.25, -0.2) is 4.79 Å². The molecule has 0 radical (unpaired) electrons. The lowest BCUT2D eigenvalue weighted by Crippen LogP contribution is -2.58. The summed E-state index contributed by atoms with van der Waals surface area (Å²) >= 11 is 0. The first-order chi connectivity index (χ1) is 15.7. The van der Waals surface area contributed by atoms with Gasteiger partial charge in [0.25, 0.3) is 0 Å². The first-order valence-electron chi connectivity index (χ1n) is 11.1. The highest BCUT2D eigenvalue weighted by Gasteiger charge is 2.33. The molecule has 0 saturated carbocycles. The number of hydrogen-bond acceptors (Lipinski definition) is 7. The summed E-state index contributed by atoms with van der Waals surface area (Å²) in [5, 5.41) is 25.4. The van der Waals surface area contributed by atoms with Crippen LogP contribution >= 0.6 is 0 Å². The summed E-state index contributed by atoms with van der Waals surface area (Å²) in [6.07, 6.45) is -0.582. The molecule has 0 unspecified atom stereocenters. The van der Waals surface area contributed by atoms with E-state index >= 15 is 0 Å². The molecule has 0 aromatic rings. The highest BCUT2D eigenvalue weighted by molar-refractivity contribution is 5.95. The van der Waals surface area contributed by atoms with Gasteiger partial charge in [0.15, 0.2) is 0 Å². The van der Waals surface area contributed by atoms with Gasteiger partial charge >= 0.3 is 11.9 Å². The van der Waals surface area contributed by atoms with Crippen LogP contribution in [0.15, 0.2) is 0 Å². The molecule has 13 nitrogen and oxygen atoms in total. The second kappa shape index (κ2) is 14.8. The predicted octanol–water partition coefficient (Wildman–Crippen LogP) is -1.31. The summed E-state index contributed by atoms with van der Waals surface area (Å²) in [4.78, 5) is 71.8. The van der Waals surface area contributed by atoms with Crippen molar-refractivity contribution in [3.63, 3.8) is 0 Å². The number of primary amides is 1. The van der Waals surface area contributed by atoms with Crippen LogP contribution in [-0.4, -0.2) is 69.9 Å². The van der Waals surface area contributed by atoms with E-state index in [9.17, 15) is 33.9 Å². The Morgan fingerprint density at radius 1 is 0.853 bits per heavy atom. The van der Waals surface area contributed by atoms with Crippen LogP contribution < -0.4 is 27.4 Å². The fourth-order valence-electron chi connectivity index (χ4n) is 3.04. The molecule has 4 amide bonds. The zero-order chi connectivity index (χ0) is 26.6. The van der Waals surface area contributed by atoms with Crippen molar-refractivity contribution in [1.29, 1.82) is 0 Å². The number of amides is 4. The number of nitrogens with two attached hydrogens (primary N) is 2. The highest BCUT2D eigenvalue weighted by Crippen LogP contribution is 2.09. The number of carboxylic acids is 2. The van der Waals surface area contributed by atoms with Crippen LogP contribution in [0.4, 0.5) is 0 Å². The third-order valence-corrected chi connectivity index (χ3v) is 5.16. The van der Waals surface area contributed by atoms with E-state index in [0.29, 0.717) is 12.8 Å². The van der Waals surface area contributed by atoms with E-state index in [4.69, 9.17) is 16.6 Å². The van der Waals surface area contributed by atoms with Gasteiger partial charge in [-0.15, -0.1) is 0 Å². The van der Waals surface area contributed by atoms with Crippen LogP contribution in [0.5, 0.6) is 0 Å². The predicted molar refractivity (Wildman–Crippen MR) is 121 cm³/mol. The molecule has 13 heteroatoms. The maximum Gasteiger partial charge on any atom is 0.326 e. The molecule has 0 aromatic carbocycles. The van der Waals surface area contributed by atoms with Gasteiger partial charge in [0.1, 0.15) is 18.1 Å². The Bertz CT molecular complexity index is 757. The van der Waals surface area contributed by atoms with Gasteiger partial charge in [-0.05, 0) is 24.7 Å². The number of hydrogen-bond donors (Lipinski definition) is 7. The van der Waals surface area contributed by atoms with E-state index < -0.39 is 72.1 Å². The van der Waals surface area contributed by atoms with Crippen LogP contribution in [0.3, 0.4) is 0 Å². The largest absolute Gasteiger partial charge is 0.481 e. The van der Waals surface area contributed by atoms with E-state index in [0.717, 1.165) is 0 Å². The molecular formula is C21H37N5O8. The number of carbonyl (C=O) groups excluding carboxylic acids is 4. The van der Waals surface area contributed by atoms with E-state index in [1.165, 1.54) is 0 Å². The molecular weight excluding hydrogens is 450 g/mol. The molecule has 0 bridgehead atoms. The maximum atomic E-state index is 12.8. The van der Waals surface area contributed by atoms with Crippen LogP contribution in [-0.2, 0) is 28.8 Å². The average Bonchev–Trinajstić information content (AvgIpc) is 2.72. The fraction of sp³-hybridized carbons (Fsp3) is 0.714. The number of nitrogens with one attached hydrogen (secondary N) is 3. The molecule has 0 aliphatic carbocycles. The van der Waals surface area contributed by atoms with Crippen molar-refractivity contribution >= 4 is 35.6 Å². The monoisotopic (exact) mass is 487 g/mol. The Hall–Kier alpha value is -3.22. The highest BCUT2D eigenvalue weighted by atomic mass is 16.4. The second-order valence-electron chi connectivity index (χ2n) is 8.67. The second-order valence-corrected chi connectivity index (χ2v) is 8.67. The molecule has 0 saturated heterocycles. The summed E-state index contributed by atoms with van der Waals surface area (Å²) in [6.45, 7) is 7.02. The lowest BCUT2D eigenvalue weighted by molar-refractivity contribution is -0.144. The summed E-state index contributed by atoms with van der Waals surface area (Å²) in [5.74, 6) is -6.47. The number of rotatable bonds is 16. The van der Waals surface area contributed by atoms with Gasteiger partial charge in [-0.2, -0.15) is 0 Å². The fourth-order valence-corrected chi connectivity index (χ4v) is 3.04. The van der Waals surface area contributed by atoms with Crippen LogP contribution in [0, 0.1) is 11.8 Å². The summed E-state index contributed by atoms with van der Waals surface area (Å²) in [7, 11) is 0. The number of aliphatic carboxylic acids is 2. The van der Waals surface area contributed by atoms with Crippen LogP contribution in [0.25, 0.3) is 0 Å². The molecule has 194 valence electrons. The normalized spacial score (nSPS) is 15.4. The van der Waals surface area contributed by atoms with E-state index in [1.807, 2.05) is 13.8 Å². The van der Waals surface area contributed by atoms with Gasteiger partial charge < -0.3 is 37.6 Å². The van der Waals surface area contributed by atoms with E-state index in [2.05, 4.69) is 16.0 Å². The van der Waals surface area contributed by atoms with Crippen molar-refractivity contribution in [3.8, 4) is 0 Å². The first kappa shape index (κ1) is 30.8. The van der Waals surface area contributed by atoms with Gasteiger partial charge in [-0.3, -0.25) is 24.0 Å². The van der Waals surface area contributed by atoms with Gasteiger partial charge in [-0.1, -0.05) is 34.1 Å². The van der Waals surface area contributed by atoms with Crippen molar-refractivity contribution in [2.24, 2.45) is 23.3 Å². The van der Waals surface area contributed by atoms with Crippen molar-refractivity contribution in [3.05, 3.63) is 0 Å². The number of carbonyl (C=O) groups is 6. The minimum atomic E-state index is -1.63. The zero-order valence-corrected chi connectivity index (χ0v) is 20.0. The van der Waals surface area contributed by atoms with Crippen molar-refractivity contribution in [2.75, 3.05) is 0 Å². The summed E-state index contributed by atoms with van der Waals surface area (Å²) in [6, 6.07) is -5.20. The van der Waals surface area contributed by atoms with Crippen LogP contribution in [0.2, 0.25) is 0 Å². The lowest BCUT2D eigenvalue weighted by atomic mass is 9.98. The number of carboxylic acid groups (broad SMARTS) is 2. The molecule has 0 fully saturated rings. The third-order valence-electron chi connectivity index (χ3n) is 5.16. The first-order valence-corrected chi connectivity index (χ1v) is 11.1. The third kappa shape index (κ3) is 11.6. The Morgan fingerprint density at radius 3 is 1.82 bits per heavy atom. The van der Waals surface area contributed by atoms with Gasteiger partial charge in [0.05, 0.1) is 12.5 Å². The van der Waals surface area contributed by atoms with Crippen molar-refractivity contribution in [1.82, 2.24) is 16.0 Å². The minimum Gasteiger partial charge on any atom is -0.481 e. The van der Waals surface area contributed by atoms with E-state index in [-0.39, 0.29) is 18.8 Å². The zero-order valence-electron chi connectivity index (χ0n) is 20.0. The maximum absolute atomic E-state index is 12.8. The molecule has 0 heterocycles. The average molecular weight is 488 g/mol. The molecule has 9 N–H and O–H groups in total. The lowest BCUT2D eigenvalue weighted by Gasteiger charge is -2.26. The minimum absolute atomic E-state index is 0.0926. The van der Waals surface area contributed by atoms with Crippen molar-refractivity contribution in [2.45, 2.75) is 84.0 Å². The Labute approximate surface area is 198 Å². The van der Waals surface area contributed by atoms with E-state index in [1.54, 1.807) is 13.8 Å². The topological polar surface area (TPSA) is 231 Å². The van der Waals surface area contributed by atoms with Crippen LogP contribution in [0.1, 0.15) is 59.8 Å². The Morgan fingerprint density at radius 2 is 1.38 bits per heavy atom. The quantitative estimate of drug-likeness (QED) is 0.137. The van der Waals surface area contributed by atoms with Crippen molar-refractivity contribution < 1.29 is 39.0 Å². The molecule has 0 rings (SSSR count). The molecule has 34 heavy (non-hydrogen) atoms. The summed E-state index contributed by atoms with van der Waals surface area (Å²) < 4.78 is 0. The standard InChI is InChI=1S/C21H37N5O8/c1-5-11(4)17(21(33)34)26-20(32)14(9-16(28)29)25-19(31)13(6-7-15(23)27)24-18(30)12(22)8-10(2)3/h10-14,17H,5-9,22H2,1-4H3,(H2,23,27)(H,24,30)(H,25,31)(H,26,32)(H,28,29)(H,33,34)/t11-,12-,13-,14-,17-/m0/s1. The Balaban J connectivity index is 5.63.